The first-order valence-electron chi connectivity index (χ1n) is 4.60. The van der Waals surface area contributed by atoms with Crippen LogP contribution < -0.4 is 5.32 Å². The third-order valence-corrected chi connectivity index (χ3v) is 2.47. The molecule has 2 heteroatoms. The standard InChI is InChI=1S/C11H13NO/c1-7(2)9-5-3-4-8-6-12-11(13)10(8)9/h3-5,7H,6H2,1-2H3,(H,12,13). The molecule has 1 aliphatic heterocycles. The number of amides is 1. The Morgan fingerprint density at radius 3 is 2.85 bits per heavy atom. The molecular weight excluding hydrogens is 162 g/mol. The monoisotopic (exact) mass is 175 g/mol. The Hall–Kier alpha value is -1.31. The Balaban J connectivity index is 2.60. The molecule has 0 atom stereocenters. The van der Waals surface area contributed by atoms with E-state index in [2.05, 4.69) is 19.2 Å². The molecule has 1 N–H and O–H groups in total. The highest BCUT2D eigenvalue weighted by Gasteiger charge is 2.22. The van der Waals surface area contributed by atoms with Crippen molar-refractivity contribution >= 4 is 5.91 Å². The fraction of sp³-hybridized carbons (Fsp3) is 0.364. The average molecular weight is 175 g/mol. The quantitative estimate of drug-likeness (QED) is 0.695. The van der Waals surface area contributed by atoms with Gasteiger partial charge in [-0.05, 0) is 17.0 Å². The van der Waals surface area contributed by atoms with E-state index in [9.17, 15) is 4.79 Å². The molecule has 0 spiro atoms. The van der Waals surface area contributed by atoms with Crippen LogP contribution >= 0.6 is 0 Å². The molecule has 2 rings (SSSR count). The topological polar surface area (TPSA) is 29.1 Å². The predicted molar refractivity (Wildman–Crippen MR) is 51.7 cm³/mol. The molecule has 68 valence electrons. The molecule has 0 saturated heterocycles. The van der Waals surface area contributed by atoms with Crippen LogP contribution in [0.5, 0.6) is 0 Å². The van der Waals surface area contributed by atoms with Crippen molar-refractivity contribution in [3.8, 4) is 0 Å². The zero-order chi connectivity index (χ0) is 9.42. The normalized spacial score (nSPS) is 14.5. The first kappa shape index (κ1) is 8.30. The second kappa shape index (κ2) is 2.87. The molecule has 13 heavy (non-hydrogen) atoms. The summed E-state index contributed by atoms with van der Waals surface area (Å²) >= 11 is 0. The van der Waals surface area contributed by atoms with Crippen molar-refractivity contribution in [2.45, 2.75) is 26.3 Å². The molecule has 1 heterocycles. The summed E-state index contributed by atoms with van der Waals surface area (Å²) in [5, 5.41) is 2.84. The molecule has 0 radical (unpaired) electrons. The molecule has 0 bridgehead atoms. The van der Waals surface area contributed by atoms with Crippen molar-refractivity contribution in [2.24, 2.45) is 0 Å². The van der Waals surface area contributed by atoms with E-state index in [1.54, 1.807) is 0 Å². The number of carbonyl (C=O) groups is 1. The second-order valence-corrected chi connectivity index (χ2v) is 3.72. The van der Waals surface area contributed by atoms with Gasteiger partial charge >= 0.3 is 0 Å². The minimum absolute atomic E-state index is 0.0827. The molecule has 2 nitrogen and oxygen atoms in total. The number of rotatable bonds is 1. The maximum Gasteiger partial charge on any atom is 0.252 e. The van der Waals surface area contributed by atoms with Crippen molar-refractivity contribution in [3.05, 3.63) is 34.9 Å². The van der Waals surface area contributed by atoms with Crippen LogP contribution in [0.1, 0.15) is 41.3 Å². The van der Waals surface area contributed by atoms with E-state index in [1.807, 2.05) is 18.2 Å². The van der Waals surface area contributed by atoms with Crippen molar-refractivity contribution in [1.29, 1.82) is 0 Å². The minimum Gasteiger partial charge on any atom is -0.348 e. The van der Waals surface area contributed by atoms with Crippen LogP contribution in [0.4, 0.5) is 0 Å². The molecule has 0 aliphatic carbocycles. The highest BCUT2D eigenvalue weighted by Crippen LogP contribution is 2.25. The van der Waals surface area contributed by atoms with E-state index in [1.165, 1.54) is 0 Å². The summed E-state index contributed by atoms with van der Waals surface area (Å²) in [5.41, 5.74) is 3.20. The minimum atomic E-state index is 0.0827. The van der Waals surface area contributed by atoms with Gasteiger partial charge < -0.3 is 5.32 Å². The van der Waals surface area contributed by atoms with E-state index in [0.717, 1.165) is 16.7 Å². The van der Waals surface area contributed by atoms with Gasteiger partial charge in [-0.15, -0.1) is 0 Å². The van der Waals surface area contributed by atoms with Gasteiger partial charge in [0.05, 0.1) is 0 Å². The van der Waals surface area contributed by atoms with Crippen molar-refractivity contribution < 1.29 is 4.79 Å². The molecule has 1 aromatic rings. The summed E-state index contributed by atoms with van der Waals surface area (Å²) in [6.07, 6.45) is 0. The zero-order valence-corrected chi connectivity index (χ0v) is 7.92. The van der Waals surface area contributed by atoms with Crippen LogP contribution in [0.15, 0.2) is 18.2 Å². The van der Waals surface area contributed by atoms with E-state index >= 15 is 0 Å². The van der Waals surface area contributed by atoms with Gasteiger partial charge in [-0.1, -0.05) is 32.0 Å². The zero-order valence-electron chi connectivity index (χ0n) is 7.92. The Labute approximate surface area is 78.0 Å². The Morgan fingerprint density at radius 1 is 1.38 bits per heavy atom. The van der Waals surface area contributed by atoms with Gasteiger partial charge in [0.15, 0.2) is 0 Å². The van der Waals surface area contributed by atoms with Crippen LogP contribution in [0.3, 0.4) is 0 Å². The van der Waals surface area contributed by atoms with Gasteiger partial charge in [0.1, 0.15) is 0 Å². The van der Waals surface area contributed by atoms with Crippen LogP contribution in [-0.2, 0) is 6.54 Å². The third kappa shape index (κ3) is 1.22. The van der Waals surface area contributed by atoms with Gasteiger partial charge in [-0.3, -0.25) is 4.79 Å². The van der Waals surface area contributed by atoms with Gasteiger partial charge in [-0.25, -0.2) is 0 Å². The molecule has 1 aliphatic rings. The van der Waals surface area contributed by atoms with Crippen LogP contribution in [0.2, 0.25) is 0 Å². The molecule has 0 unspecified atom stereocenters. The molecule has 0 aromatic heterocycles. The fourth-order valence-electron chi connectivity index (χ4n) is 1.79. The maximum atomic E-state index is 11.5. The Bertz CT molecular complexity index is 355. The average Bonchev–Trinajstić information content (AvgIpc) is 2.48. The lowest BCUT2D eigenvalue weighted by atomic mass is 9.95. The van der Waals surface area contributed by atoms with Crippen LogP contribution in [0.25, 0.3) is 0 Å². The first-order chi connectivity index (χ1) is 6.20. The number of hydrogen-bond acceptors (Lipinski definition) is 1. The smallest absolute Gasteiger partial charge is 0.252 e. The number of benzene rings is 1. The summed E-state index contributed by atoms with van der Waals surface area (Å²) in [6.45, 7) is 4.91. The largest absolute Gasteiger partial charge is 0.348 e. The van der Waals surface area contributed by atoms with Gasteiger partial charge in [0.2, 0.25) is 0 Å². The lowest BCUT2D eigenvalue weighted by Gasteiger charge is -2.08. The van der Waals surface area contributed by atoms with Gasteiger partial charge in [0.25, 0.3) is 5.91 Å². The van der Waals surface area contributed by atoms with E-state index in [-0.39, 0.29) is 5.91 Å². The second-order valence-electron chi connectivity index (χ2n) is 3.72. The molecular formula is C11H13NO. The number of hydrogen-bond donors (Lipinski definition) is 1. The summed E-state index contributed by atoms with van der Waals surface area (Å²) in [5.74, 6) is 0.498. The highest BCUT2D eigenvalue weighted by molar-refractivity contribution is 5.99. The highest BCUT2D eigenvalue weighted by atomic mass is 16.1. The van der Waals surface area contributed by atoms with E-state index < -0.39 is 0 Å². The van der Waals surface area contributed by atoms with Crippen molar-refractivity contribution in [3.63, 3.8) is 0 Å². The maximum absolute atomic E-state index is 11.5. The lowest BCUT2D eigenvalue weighted by molar-refractivity contribution is 0.0964. The SMILES string of the molecule is CC(C)c1cccc2c1C(=O)NC2. The summed E-state index contributed by atoms with van der Waals surface area (Å²) in [7, 11) is 0. The number of carbonyl (C=O) groups excluding carboxylic acids is 1. The third-order valence-electron chi connectivity index (χ3n) is 2.47. The van der Waals surface area contributed by atoms with E-state index in [0.29, 0.717) is 12.5 Å². The summed E-state index contributed by atoms with van der Waals surface area (Å²) in [6, 6.07) is 6.07. The first-order valence-corrected chi connectivity index (χ1v) is 4.60. The Kier molecular flexibility index (Phi) is 1.83. The molecule has 0 fully saturated rings. The fourth-order valence-corrected chi connectivity index (χ4v) is 1.79. The lowest BCUT2D eigenvalue weighted by Crippen LogP contribution is -2.14. The van der Waals surface area contributed by atoms with Crippen LogP contribution in [0, 0.1) is 0 Å². The molecule has 0 saturated carbocycles. The van der Waals surface area contributed by atoms with Gasteiger partial charge in [-0.2, -0.15) is 0 Å². The number of fused-ring (bicyclic) bond motifs is 1. The summed E-state index contributed by atoms with van der Waals surface area (Å²) < 4.78 is 0. The van der Waals surface area contributed by atoms with Gasteiger partial charge in [0, 0.05) is 12.1 Å². The number of nitrogens with one attached hydrogen (secondary N) is 1. The van der Waals surface area contributed by atoms with E-state index in [4.69, 9.17) is 0 Å². The Morgan fingerprint density at radius 2 is 2.15 bits per heavy atom. The van der Waals surface area contributed by atoms with Crippen LogP contribution in [-0.4, -0.2) is 5.91 Å². The van der Waals surface area contributed by atoms with Crippen molar-refractivity contribution in [1.82, 2.24) is 5.32 Å². The van der Waals surface area contributed by atoms with Crippen molar-refractivity contribution in [2.75, 3.05) is 0 Å². The predicted octanol–water partition coefficient (Wildman–Crippen LogP) is 2.05. The molecule has 1 amide bonds. The summed E-state index contributed by atoms with van der Waals surface area (Å²) in [4.78, 5) is 11.5. The molecule has 1 aromatic carbocycles.